The quantitative estimate of drug-likeness (QED) is 0.143. The normalized spacial score (nSPS) is 13.3. The fraction of sp³-hybridized carbons (Fsp3) is 0.206. The molecule has 218 valence electrons. The predicted octanol–water partition coefficient (Wildman–Crippen LogP) is 3.33. The second kappa shape index (κ2) is 16.4. The molecule has 0 heterocycles. The van der Waals surface area contributed by atoms with Crippen molar-refractivity contribution in [3.05, 3.63) is 138 Å². The fourth-order valence-electron chi connectivity index (χ4n) is 4.81. The van der Waals surface area contributed by atoms with Crippen molar-refractivity contribution in [3.8, 4) is 0 Å². The van der Waals surface area contributed by atoms with Gasteiger partial charge in [-0.1, -0.05) is 109 Å². The van der Waals surface area contributed by atoms with E-state index in [2.05, 4.69) is 4.99 Å². The average molecular weight is 606 g/mol. The number of aliphatic hydroxyl groups excluding tert-OH is 1. The molecule has 0 aromatic heterocycles. The van der Waals surface area contributed by atoms with Crippen LogP contribution in [0.4, 0.5) is 5.69 Å². The van der Waals surface area contributed by atoms with Crippen LogP contribution in [0.15, 0.2) is 125 Å². The zero-order valence-corrected chi connectivity index (χ0v) is 24.3. The van der Waals surface area contributed by atoms with Gasteiger partial charge in [0, 0.05) is 36.7 Å². The van der Waals surface area contributed by atoms with Gasteiger partial charge in [0.25, 0.3) is 0 Å². The Morgan fingerprint density at radius 3 is 2.02 bits per heavy atom. The number of nitrogens with zero attached hydrogens (tertiary/aromatic N) is 3. The predicted molar refractivity (Wildman–Crippen MR) is 158 cm³/mol. The van der Waals surface area contributed by atoms with Gasteiger partial charge in [0.15, 0.2) is 0 Å². The molecule has 0 fully saturated rings. The number of para-hydroxylation sites is 1. The van der Waals surface area contributed by atoms with Gasteiger partial charge in [-0.2, -0.15) is 0 Å². The minimum atomic E-state index is -1.35. The van der Waals surface area contributed by atoms with Crippen LogP contribution in [0, 0.1) is 0 Å². The molecule has 8 heteroatoms. The van der Waals surface area contributed by atoms with Crippen LogP contribution < -0.4 is 10.2 Å². The topological polar surface area (TPSA) is 111 Å². The smallest absolute Gasteiger partial charge is 0.861 e. The SMILES string of the molecule is CN(CC([O-])=Nc1ccccc1C(=N[C@@H](C(=O)[O-])[C@@H](CCO)c1ccccc1)c1ccccc1)Cc1ccccc1.[Ni+2]. The Labute approximate surface area is 256 Å². The first-order chi connectivity index (χ1) is 20.0. The van der Waals surface area contributed by atoms with Gasteiger partial charge in [0.2, 0.25) is 0 Å². The summed E-state index contributed by atoms with van der Waals surface area (Å²) in [6, 6.07) is 34.0. The summed E-state index contributed by atoms with van der Waals surface area (Å²) in [5, 5.41) is 35.4. The van der Waals surface area contributed by atoms with Crippen LogP contribution in [0.3, 0.4) is 0 Å². The second-order valence-electron chi connectivity index (χ2n) is 9.82. The van der Waals surface area contributed by atoms with Crippen LogP contribution in [0.1, 0.15) is 34.6 Å². The minimum absolute atomic E-state index is 0. The molecular formula is C34H33N3NiO4. The summed E-state index contributed by atoms with van der Waals surface area (Å²) < 4.78 is 0. The molecule has 4 rings (SSSR count). The molecule has 0 spiro atoms. The molecule has 0 saturated heterocycles. The molecule has 1 N–H and O–H groups in total. The summed E-state index contributed by atoms with van der Waals surface area (Å²) in [5.74, 6) is -2.31. The number of aliphatic imine (C=N–C) groups is 2. The third-order valence-electron chi connectivity index (χ3n) is 6.71. The maximum Gasteiger partial charge on any atom is 2.00 e. The monoisotopic (exact) mass is 605 g/mol. The third-order valence-corrected chi connectivity index (χ3v) is 6.71. The van der Waals surface area contributed by atoms with E-state index in [1.165, 1.54) is 0 Å². The molecule has 0 saturated carbocycles. The summed E-state index contributed by atoms with van der Waals surface area (Å²) in [6.07, 6.45) is 0.187. The van der Waals surface area contributed by atoms with Crippen LogP contribution in [0.5, 0.6) is 0 Å². The maximum absolute atomic E-state index is 13.1. The molecule has 0 radical (unpaired) electrons. The van der Waals surface area contributed by atoms with E-state index in [9.17, 15) is 20.1 Å². The molecule has 0 unspecified atom stereocenters. The van der Waals surface area contributed by atoms with E-state index in [1.54, 1.807) is 24.3 Å². The van der Waals surface area contributed by atoms with Gasteiger partial charge in [-0.3, -0.25) is 14.9 Å². The van der Waals surface area contributed by atoms with Crippen molar-refractivity contribution in [2.45, 2.75) is 24.9 Å². The molecule has 0 aliphatic rings. The van der Waals surface area contributed by atoms with Gasteiger partial charge in [-0.25, -0.2) is 0 Å². The largest absolute Gasteiger partial charge is 2.00 e. The first-order valence-corrected chi connectivity index (χ1v) is 13.5. The van der Waals surface area contributed by atoms with Gasteiger partial charge in [0.05, 0.1) is 23.4 Å². The van der Waals surface area contributed by atoms with Crippen LogP contribution in [-0.2, 0) is 27.8 Å². The van der Waals surface area contributed by atoms with Gasteiger partial charge < -0.3 is 20.1 Å². The molecule has 4 aromatic carbocycles. The maximum atomic E-state index is 13.1. The Morgan fingerprint density at radius 1 is 0.833 bits per heavy atom. The summed E-state index contributed by atoms with van der Waals surface area (Å²) in [6.45, 7) is 0.491. The van der Waals surface area contributed by atoms with Gasteiger partial charge in [0.1, 0.15) is 0 Å². The van der Waals surface area contributed by atoms with Crippen LogP contribution in [-0.4, -0.2) is 53.8 Å². The van der Waals surface area contributed by atoms with Crippen molar-refractivity contribution in [1.82, 2.24) is 4.90 Å². The van der Waals surface area contributed by atoms with Gasteiger partial charge >= 0.3 is 16.5 Å². The van der Waals surface area contributed by atoms with Crippen molar-refractivity contribution in [1.29, 1.82) is 0 Å². The van der Waals surface area contributed by atoms with E-state index in [0.29, 0.717) is 29.1 Å². The molecule has 42 heavy (non-hydrogen) atoms. The van der Waals surface area contributed by atoms with Crippen molar-refractivity contribution < 1.29 is 36.6 Å². The third kappa shape index (κ3) is 8.95. The number of likely N-dealkylation sites (N-methyl/N-ethyl adjacent to an activating group) is 1. The zero-order chi connectivity index (χ0) is 29.0. The summed E-state index contributed by atoms with van der Waals surface area (Å²) in [7, 11) is 1.86. The van der Waals surface area contributed by atoms with Gasteiger partial charge in [-0.15, -0.1) is 0 Å². The van der Waals surface area contributed by atoms with E-state index < -0.39 is 17.9 Å². The molecule has 0 aliphatic carbocycles. The standard InChI is InChI=1S/C34H35N3O4.Ni/c1-37(23-25-13-5-2-6-14-25)24-31(39)35-30-20-12-11-19-29(30)32(27-17-9-4-10-18-27)36-33(34(40)41)28(21-22-38)26-15-7-3-8-16-26;/h2-20,28,33,38H,21-24H2,1H3,(H,35,39)(H,40,41);/q;+2/p-2/t28-,33+;/m0./s1. The number of benzene rings is 4. The fourth-order valence-corrected chi connectivity index (χ4v) is 4.81. The Kier molecular flexibility index (Phi) is 12.6. The van der Waals surface area contributed by atoms with Crippen LogP contribution in [0.2, 0.25) is 0 Å². The summed E-state index contributed by atoms with van der Waals surface area (Å²) in [4.78, 5) is 23.6. The first kappa shape index (κ1) is 32.4. The number of carbonyl (C=O) groups excluding carboxylic acids is 1. The number of aliphatic carboxylic acids is 1. The van der Waals surface area contributed by atoms with Crippen molar-refractivity contribution in [2.75, 3.05) is 20.2 Å². The summed E-state index contributed by atoms with van der Waals surface area (Å²) in [5.41, 5.74) is 3.80. The molecule has 0 aliphatic heterocycles. The Balaban J connectivity index is 0.00000484. The molecule has 4 aromatic rings. The van der Waals surface area contributed by atoms with E-state index in [4.69, 9.17) is 4.99 Å². The van der Waals surface area contributed by atoms with Crippen LogP contribution in [0.25, 0.3) is 0 Å². The Bertz CT molecular complexity index is 1460. The number of hydrogen-bond acceptors (Lipinski definition) is 7. The molecule has 0 bridgehead atoms. The molecular weight excluding hydrogens is 573 g/mol. The number of carboxylic acid groups (broad SMARTS) is 1. The molecule has 2 atom stereocenters. The molecule has 7 nitrogen and oxygen atoms in total. The molecule has 0 amide bonds. The Morgan fingerprint density at radius 2 is 1.40 bits per heavy atom. The average Bonchev–Trinajstić information content (AvgIpc) is 2.98. The number of rotatable bonds is 13. The van der Waals surface area contributed by atoms with Crippen molar-refractivity contribution in [2.24, 2.45) is 9.98 Å². The van der Waals surface area contributed by atoms with E-state index in [1.807, 2.05) is 103 Å². The van der Waals surface area contributed by atoms with E-state index in [0.717, 1.165) is 11.1 Å². The number of carboxylic acids is 1. The first-order valence-electron chi connectivity index (χ1n) is 13.5. The second-order valence-corrected chi connectivity index (χ2v) is 9.82. The van der Waals surface area contributed by atoms with E-state index in [-0.39, 0.29) is 42.0 Å². The Hall–Kier alpha value is -4.10. The van der Waals surface area contributed by atoms with Gasteiger partial charge in [-0.05, 0) is 36.6 Å². The summed E-state index contributed by atoms with van der Waals surface area (Å²) >= 11 is 0. The van der Waals surface area contributed by atoms with Crippen LogP contribution >= 0.6 is 0 Å². The zero-order valence-electron chi connectivity index (χ0n) is 23.3. The van der Waals surface area contributed by atoms with Crippen molar-refractivity contribution in [3.63, 3.8) is 0 Å². The number of carbonyl (C=O) groups is 1. The number of aliphatic hydroxyl groups is 1. The van der Waals surface area contributed by atoms with E-state index >= 15 is 0 Å². The van der Waals surface area contributed by atoms with Crippen molar-refractivity contribution >= 4 is 23.3 Å². The number of hydrogen-bond donors (Lipinski definition) is 1. The minimum Gasteiger partial charge on any atom is -0.861 e.